The zero-order valence-corrected chi connectivity index (χ0v) is 16.4. The number of thiophene rings is 1. The quantitative estimate of drug-likeness (QED) is 0.748. The molecular formula is C20H27N3O2S. The van der Waals surface area contributed by atoms with Crippen LogP contribution in [0.25, 0.3) is 0 Å². The van der Waals surface area contributed by atoms with E-state index in [-0.39, 0.29) is 5.91 Å². The van der Waals surface area contributed by atoms with Crippen LogP contribution in [0, 0.1) is 0 Å². The molecule has 6 heteroatoms. The van der Waals surface area contributed by atoms with E-state index in [1.807, 2.05) is 42.5 Å². The Labute approximate surface area is 159 Å². The molecule has 1 saturated heterocycles. The first-order chi connectivity index (χ1) is 12.7. The molecule has 0 N–H and O–H groups in total. The number of ether oxygens (including phenoxy) is 1. The van der Waals surface area contributed by atoms with Gasteiger partial charge in [-0.25, -0.2) is 0 Å². The summed E-state index contributed by atoms with van der Waals surface area (Å²) in [6.07, 6.45) is 0. The lowest BCUT2D eigenvalue weighted by molar-refractivity contribution is -0.131. The number of hydrogen-bond acceptors (Lipinski definition) is 5. The van der Waals surface area contributed by atoms with Gasteiger partial charge in [-0.1, -0.05) is 12.1 Å². The second kappa shape index (κ2) is 9.05. The summed E-state index contributed by atoms with van der Waals surface area (Å²) in [5.74, 6) is 1.12. The summed E-state index contributed by atoms with van der Waals surface area (Å²) in [7, 11) is 1.88. The van der Waals surface area contributed by atoms with Crippen molar-refractivity contribution < 1.29 is 9.53 Å². The fraction of sp³-hybridized carbons (Fsp3) is 0.450. The van der Waals surface area contributed by atoms with E-state index in [0.717, 1.165) is 37.6 Å². The molecule has 0 spiro atoms. The Morgan fingerprint density at radius 3 is 2.65 bits per heavy atom. The summed E-state index contributed by atoms with van der Waals surface area (Å²) in [4.78, 5) is 18.9. The van der Waals surface area contributed by atoms with Crippen LogP contribution in [-0.2, 0) is 11.3 Å². The Kier molecular flexibility index (Phi) is 6.52. The Bertz CT molecular complexity index is 697. The second-order valence-electron chi connectivity index (χ2n) is 6.55. The summed E-state index contributed by atoms with van der Waals surface area (Å²) in [6, 6.07) is 10.3. The van der Waals surface area contributed by atoms with Crippen LogP contribution in [0.2, 0.25) is 0 Å². The first-order valence-corrected chi connectivity index (χ1v) is 10.1. The van der Waals surface area contributed by atoms with Gasteiger partial charge in [-0.05, 0) is 41.4 Å². The molecule has 3 rings (SSSR count). The van der Waals surface area contributed by atoms with Crippen molar-refractivity contribution in [2.24, 2.45) is 0 Å². The first kappa shape index (κ1) is 18.7. The van der Waals surface area contributed by atoms with Crippen molar-refractivity contribution in [3.05, 3.63) is 46.7 Å². The number of benzene rings is 1. The third kappa shape index (κ3) is 4.77. The van der Waals surface area contributed by atoms with Gasteiger partial charge in [0.2, 0.25) is 5.91 Å². The van der Waals surface area contributed by atoms with E-state index >= 15 is 0 Å². The van der Waals surface area contributed by atoms with Gasteiger partial charge in [0.05, 0.1) is 18.8 Å². The van der Waals surface area contributed by atoms with Crippen LogP contribution >= 0.6 is 11.3 Å². The number of para-hydroxylation sites is 2. The number of carbonyl (C=O) groups is 1. The van der Waals surface area contributed by atoms with Crippen LogP contribution in [0.15, 0.2) is 41.1 Å². The summed E-state index contributed by atoms with van der Waals surface area (Å²) in [5.41, 5.74) is 2.35. The molecule has 0 unspecified atom stereocenters. The molecule has 26 heavy (non-hydrogen) atoms. The topological polar surface area (TPSA) is 36.0 Å². The highest BCUT2D eigenvalue weighted by atomic mass is 32.1. The maximum atomic E-state index is 12.5. The first-order valence-electron chi connectivity index (χ1n) is 9.11. The second-order valence-corrected chi connectivity index (χ2v) is 7.33. The highest BCUT2D eigenvalue weighted by Gasteiger charge is 2.22. The number of likely N-dealkylation sites (N-methyl/N-ethyl adjacent to an activating group) is 1. The summed E-state index contributed by atoms with van der Waals surface area (Å²) in [6.45, 7) is 7.44. The molecule has 5 nitrogen and oxygen atoms in total. The molecule has 1 amide bonds. The maximum absolute atomic E-state index is 12.5. The van der Waals surface area contributed by atoms with Gasteiger partial charge in [0.25, 0.3) is 0 Å². The standard InChI is InChI=1S/C20H27N3O2S/c1-3-25-19-7-5-4-6-18(19)23-11-9-22(10-12-23)15-20(24)21(2)14-17-8-13-26-16-17/h4-8,13,16H,3,9-12,14-15H2,1-2H3. The zero-order valence-electron chi connectivity index (χ0n) is 15.6. The minimum atomic E-state index is 0.180. The number of piperazine rings is 1. The van der Waals surface area contributed by atoms with Gasteiger partial charge >= 0.3 is 0 Å². The van der Waals surface area contributed by atoms with Gasteiger partial charge in [-0.3, -0.25) is 9.69 Å². The van der Waals surface area contributed by atoms with Crippen molar-refractivity contribution in [1.29, 1.82) is 0 Å². The summed E-state index contributed by atoms with van der Waals surface area (Å²) >= 11 is 1.67. The molecule has 1 fully saturated rings. The smallest absolute Gasteiger partial charge is 0.236 e. The van der Waals surface area contributed by atoms with Crippen LogP contribution in [-0.4, -0.2) is 62.1 Å². The molecule has 0 bridgehead atoms. The van der Waals surface area contributed by atoms with Crippen molar-refractivity contribution in [1.82, 2.24) is 9.80 Å². The fourth-order valence-electron chi connectivity index (χ4n) is 3.20. The molecule has 1 aromatic carbocycles. The fourth-order valence-corrected chi connectivity index (χ4v) is 3.86. The number of amides is 1. The SMILES string of the molecule is CCOc1ccccc1N1CCN(CC(=O)N(C)Cc2ccsc2)CC1. The molecule has 0 aliphatic carbocycles. The van der Waals surface area contributed by atoms with E-state index < -0.39 is 0 Å². The summed E-state index contributed by atoms with van der Waals surface area (Å²) in [5, 5.41) is 4.14. The molecular weight excluding hydrogens is 346 g/mol. The molecule has 1 aliphatic heterocycles. The van der Waals surface area contributed by atoms with Gasteiger partial charge in [-0.15, -0.1) is 0 Å². The molecule has 0 radical (unpaired) electrons. The normalized spacial score (nSPS) is 15.1. The van der Waals surface area contributed by atoms with Crippen LogP contribution in [0.4, 0.5) is 5.69 Å². The van der Waals surface area contributed by atoms with Crippen molar-refractivity contribution in [2.45, 2.75) is 13.5 Å². The average molecular weight is 374 g/mol. The van der Waals surface area contributed by atoms with Gasteiger partial charge in [0.1, 0.15) is 5.75 Å². The van der Waals surface area contributed by atoms with Crippen LogP contribution in [0.1, 0.15) is 12.5 Å². The third-order valence-electron chi connectivity index (χ3n) is 4.66. The minimum Gasteiger partial charge on any atom is -0.492 e. The summed E-state index contributed by atoms with van der Waals surface area (Å²) < 4.78 is 5.75. The number of carbonyl (C=O) groups excluding carboxylic acids is 1. The van der Waals surface area contributed by atoms with E-state index in [4.69, 9.17) is 4.74 Å². The van der Waals surface area contributed by atoms with Gasteiger partial charge < -0.3 is 14.5 Å². The number of hydrogen-bond donors (Lipinski definition) is 0. The van der Waals surface area contributed by atoms with Gasteiger partial charge in [-0.2, -0.15) is 11.3 Å². The highest BCUT2D eigenvalue weighted by molar-refractivity contribution is 7.07. The monoisotopic (exact) mass is 373 g/mol. The minimum absolute atomic E-state index is 0.180. The van der Waals surface area contributed by atoms with Crippen molar-refractivity contribution >= 4 is 22.9 Å². The van der Waals surface area contributed by atoms with Gasteiger partial charge in [0.15, 0.2) is 0 Å². The average Bonchev–Trinajstić information content (AvgIpc) is 3.16. The van der Waals surface area contributed by atoms with Crippen molar-refractivity contribution in [3.63, 3.8) is 0 Å². The van der Waals surface area contributed by atoms with E-state index in [2.05, 4.69) is 27.3 Å². The van der Waals surface area contributed by atoms with Crippen molar-refractivity contribution in [2.75, 3.05) is 51.3 Å². The third-order valence-corrected chi connectivity index (χ3v) is 5.39. The van der Waals surface area contributed by atoms with Gasteiger partial charge in [0, 0.05) is 39.8 Å². The predicted molar refractivity (Wildman–Crippen MR) is 107 cm³/mol. The molecule has 0 saturated carbocycles. The number of rotatable bonds is 7. The van der Waals surface area contributed by atoms with E-state index in [9.17, 15) is 4.79 Å². The highest BCUT2D eigenvalue weighted by Crippen LogP contribution is 2.28. The Balaban J connectivity index is 1.50. The van der Waals surface area contributed by atoms with Crippen molar-refractivity contribution in [3.8, 4) is 5.75 Å². The lowest BCUT2D eigenvalue weighted by Gasteiger charge is -2.36. The number of anilines is 1. The molecule has 140 valence electrons. The Morgan fingerprint density at radius 1 is 1.19 bits per heavy atom. The Hall–Kier alpha value is -2.05. The molecule has 2 aromatic rings. The maximum Gasteiger partial charge on any atom is 0.236 e. The molecule has 2 heterocycles. The van der Waals surface area contributed by atoms with E-state index in [1.54, 1.807) is 11.3 Å². The predicted octanol–water partition coefficient (Wildman–Crippen LogP) is 2.93. The molecule has 0 atom stereocenters. The molecule has 1 aliphatic rings. The number of nitrogens with zero attached hydrogens (tertiary/aromatic N) is 3. The van der Waals surface area contributed by atoms with Crippen LogP contribution < -0.4 is 9.64 Å². The zero-order chi connectivity index (χ0) is 18.4. The largest absolute Gasteiger partial charge is 0.492 e. The molecule has 1 aromatic heterocycles. The Morgan fingerprint density at radius 2 is 1.96 bits per heavy atom. The van der Waals surface area contributed by atoms with Crippen LogP contribution in [0.3, 0.4) is 0 Å². The van der Waals surface area contributed by atoms with E-state index in [0.29, 0.717) is 19.7 Å². The lowest BCUT2D eigenvalue weighted by Crippen LogP contribution is -2.49. The lowest BCUT2D eigenvalue weighted by atomic mass is 10.2. The van der Waals surface area contributed by atoms with Crippen LogP contribution in [0.5, 0.6) is 5.75 Å². The van der Waals surface area contributed by atoms with E-state index in [1.165, 1.54) is 5.56 Å².